The molecule has 0 saturated carbocycles. The fraction of sp³-hybridized carbons (Fsp3) is 0.455. The first-order chi connectivity index (χ1) is 8.49. The van der Waals surface area contributed by atoms with E-state index in [1.165, 1.54) is 19.1 Å². The number of benzene rings is 1. The van der Waals surface area contributed by atoms with Crippen LogP contribution in [0.25, 0.3) is 0 Å². The number of nitro benzene ring substituents is 1. The molecule has 7 heteroatoms. The van der Waals surface area contributed by atoms with E-state index in [-0.39, 0.29) is 5.69 Å². The van der Waals surface area contributed by atoms with Crippen LogP contribution < -0.4 is 4.90 Å². The van der Waals surface area contributed by atoms with Gasteiger partial charge in [0.2, 0.25) is 0 Å². The van der Waals surface area contributed by atoms with Crippen molar-refractivity contribution in [3.8, 4) is 0 Å². The topological polar surface area (TPSA) is 55.6 Å². The van der Waals surface area contributed by atoms with Gasteiger partial charge in [-0.1, -0.05) is 0 Å². The summed E-state index contributed by atoms with van der Waals surface area (Å²) in [6.07, 6.45) is 0.556. The summed E-state index contributed by atoms with van der Waals surface area (Å²) in [6, 6.07) is 1.71. The maximum atomic E-state index is 13.6. The molecule has 0 aliphatic rings. The lowest BCUT2D eigenvalue weighted by atomic mass is 10.2. The van der Waals surface area contributed by atoms with Crippen LogP contribution in [0.15, 0.2) is 12.1 Å². The summed E-state index contributed by atoms with van der Waals surface area (Å²) >= 11 is 0. The van der Waals surface area contributed by atoms with E-state index in [1.54, 1.807) is 0 Å². The molecule has 0 unspecified atom stereocenters. The number of nitrogens with zero attached hydrogens (tertiary/aromatic N) is 2. The zero-order valence-corrected chi connectivity index (χ0v) is 10.2. The molecule has 0 heterocycles. The van der Waals surface area contributed by atoms with Gasteiger partial charge in [0, 0.05) is 33.4 Å². The highest BCUT2D eigenvalue weighted by atomic mass is 19.2. The zero-order chi connectivity index (χ0) is 13.7. The van der Waals surface area contributed by atoms with Crippen LogP contribution in [-0.4, -0.2) is 32.2 Å². The lowest BCUT2D eigenvalue weighted by Gasteiger charge is -2.19. The van der Waals surface area contributed by atoms with E-state index >= 15 is 0 Å². The molecule has 0 spiro atoms. The first-order valence-electron chi connectivity index (χ1n) is 5.31. The van der Waals surface area contributed by atoms with Crippen molar-refractivity contribution in [1.82, 2.24) is 0 Å². The smallest absolute Gasteiger partial charge is 0.295 e. The average Bonchev–Trinajstić information content (AvgIpc) is 2.32. The predicted molar refractivity (Wildman–Crippen MR) is 62.8 cm³/mol. The Morgan fingerprint density at radius 3 is 2.67 bits per heavy atom. The Labute approximate surface area is 103 Å². The molecule has 1 rings (SSSR count). The second-order valence-electron chi connectivity index (χ2n) is 3.75. The molecule has 0 aliphatic carbocycles. The lowest BCUT2D eigenvalue weighted by Crippen LogP contribution is -2.22. The standard InChI is InChI=1S/C11H14F2N2O3/c1-14(6-3-7-18-2)11-9(15(16)17)5-4-8(12)10(11)13/h4-5H,3,6-7H2,1-2H3. The van der Waals surface area contributed by atoms with E-state index < -0.39 is 22.2 Å². The predicted octanol–water partition coefficient (Wildman–Crippen LogP) is 2.35. The highest BCUT2D eigenvalue weighted by molar-refractivity contribution is 5.63. The number of ether oxygens (including phenoxy) is 1. The summed E-state index contributed by atoms with van der Waals surface area (Å²) in [6.45, 7) is 0.768. The highest BCUT2D eigenvalue weighted by Crippen LogP contribution is 2.31. The maximum Gasteiger partial charge on any atom is 0.295 e. The minimum atomic E-state index is -1.20. The van der Waals surface area contributed by atoms with Crippen LogP contribution >= 0.6 is 0 Å². The van der Waals surface area contributed by atoms with Crippen LogP contribution in [0.1, 0.15) is 6.42 Å². The SMILES string of the molecule is COCCCN(C)c1c([N+](=O)[O-])ccc(F)c1F. The van der Waals surface area contributed by atoms with Crippen molar-refractivity contribution in [2.24, 2.45) is 0 Å². The van der Waals surface area contributed by atoms with Crippen molar-refractivity contribution < 1.29 is 18.4 Å². The van der Waals surface area contributed by atoms with Crippen LogP contribution in [0.3, 0.4) is 0 Å². The van der Waals surface area contributed by atoms with Crippen LogP contribution in [0.4, 0.5) is 20.2 Å². The monoisotopic (exact) mass is 260 g/mol. The van der Waals surface area contributed by atoms with Gasteiger partial charge in [0.05, 0.1) is 4.92 Å². The third kappa shape index (κ3) is 3.13. The number of halogens is 2. The van der Waals surface area contributed by atoms with Gasteiger partial charge in [0.25, 0.3) is 5.69 Å². The number of rotatable bonds is 6. The largest absolute Gasteiger partial charge is 0.385 e. The van der Waals surface area contributed by atoms with E-state index in [2.05, 4.69) is 0 Å². The summed E-state index contributed by atoms with van der Waals surface area (Å²) in [5, 5.41) is 10.8. The first kappa shape index (κ1) is 14.3. The fourth-order valence-corrected chi connectivity index (χ4v) is 1.60. The lowest BCUT2D eigenvalue weighted by molar-refractivity contribution is -0.384. The van der Waals surface area contributed by atoms with E-state index in [0.717, 1.165) is 12.1 Å². The summed E-state index contributed by atoms with van der Waals surface area (Å²) in [7, 11) is 2.99. The molecule has 0 radical (unpaired) electrons. The normalized spacial score (nSPS) is 10.4. The second kappa shape index (κ2) is 6.25. The third-order valence-electron chi connectivity index (χ3n) is 2.47. The number of hydrogen-bond acceptors (Lipinski definition) is 4. The Balaban J connectivity index is 3.04. The van der Waals surface area contributed by atoms with Crippen molar-refractivity contribution in [2.45, 2.75) is 6.42 Å². The maximum absolute atomic E-state index is 13.6. The number of nitro groups is 1. The Hall–Kier alpha value is -1.76. The van der Waals surface area contributed by atoms with E-state index in [4.69, 9.17) is 4.74 Å². The molecule has 0 amide bonds. The van der Waals surface area contributed by atoms with E-state index in [1.807, 2.05) is 0 Å². The van der Waals surface area contributed by atoms with Gasteiger partial charge in [0.15, 0.2) is 17.3 Å². The summed E-state index contributed by atoms with van der Waals surface area (Å²) in [4.78, 5) is 11.4. The minimum Gasteiger partial charge on any atom is -0.385 e. The van der Waals surface area contributed by atoms with Gasteiger partial charge in [-0.2, -0.15) is 0 Å². The molecule has 1 aromatic rings. The van der Waals surface area contributed by atoms with E-state index in [0.29, 0.717) is 19.6 Å². The highest BCUT2D eigenvalue weighted by Gasteiger charge is 2.24. The second-order valence-corrected chi connectivity index (χ2v) is 3.75. The van der Waals surface area contributed by atoms with Crippen molar-refractivity contribution in [1.29, 1.82) is 0 Å². The molecule has 1 aromatic carbocycles. The van der Waals surface area contributed by atoms with Crippen molar-refractivity contribution in [3.05, 3.63) is 33.9 Å². The minimum absolute atomic E-state index is 0.328. The van der Waals surface area contributed by atoms with Crippen LogP contribution in [0.5, 0.6) is 0 Å². The molecule has 5 nitrogen and oxygen atoms in total. The van der Waals surface area contributed by atoms with Crippen LogP contribution in [0, 0.1) is 21.7 Å². The molecule has 0 aliphatic heterocycles. The molecule has 0 saturated heterocycles. The van der Waals surface area contributed by atoms with Crippen molar-refractivity contribution >= 4 is 11.4 Å². The van der Waals surface area contributed by atoms with Crippen molar-refractivity contribution in [2.75, 3.05) is 32.2 Å². The molecule has 18 heavy (non-hydrogen) atoms. The van der Waals surface area contributed by atoms with Gasteiger partial charge < -0.3 is 9.64 Å². The molecule has 0 N–H and O–H groups in total. The molecule has 100 valence electrons. The molecule has 0 fully saturated rings. The molecular weight excluding hydrogens is 246 g/mol. The Morgan fingerprint density at radius 1 is 1.44 bits per heavy atom. The molecular formula is C11H14F2N2O3. The molecule has 0 bridgehead atoms. The summed E-state index contributed by atoms with van der Waals surface area (Å²) in [5.41, 5.74) is -0.787. The molecule has 0 atom stereocenters. The average molecular weight is 260 g/mol. The number of methoxy groups -OCH3 is 1. The fourth-order valence-electron chi connectivity index (χ4n) is 1.60. The zero-order valence-electron chi connectivity index (χ0n) is 10.2. The van der Waals surface area contributed by atoms with Gasteiger partial charge in [-0.25, -0.2) is 8.78 Å². The Bertz CT molecular complexity index is 441. The van der Waals surface area contributed by atoms with Gasteiger partial charge in [0.1, 0.15) is 0 Å². The number of anilines is 1. The third-order valence-corrected chi connectivity index (χ3v) is 2.47. The Kier molecular flexibility index (Phi) is 4.96. The van der Waals surface area contributed by atoms with Crippen molar-refractivity contribution in [3.63, 3.8) is 0 Å². The quantitative estimate of drug-likeness (QED) is 0.447. The molecule has 0 aromatic heterocycles. The van der Waals surface area contributed by atoms with Gasteiger partial charge in [-0.15, -0.1) is 0 Å². The Morgan fingerprint density at radius 2 is 2.11 bits per heavy atom. The number of hydrogen-bond donors (Lipinski definition) is 0. The summed E-state index contributed by atoms with van der Waals surface area (Å²) in [5.74, 6) is -2.31. The van der Waals surface area contributed by atoms with Gasteiger partial charge in [-0.05, 0) is 12.5 Å². The first-order valence-corrected chi connectivity index (χ1v) is 5.31. The van der Waals surface area contributed by atoms with Gasteiger partial charge in [-0.3, -0.25) is 10.1 Å². The van der Waals surface area contributed by atoms with E-state index in [9.17, 15) is 18.9 Å². The van der Waals surface area contributed by atoms with Crippen LogP contribution in [-0.2, 0) is 4.74 Å². The van der Waals surface area contributed by atoms with Gasteiger partial charge >= 0.3 is 0 Å². The summed E-state index contributed by atoms with van der Waals surface area (Å²) < 4.78 is 31.6. The van der Waals surface area contributed by atoms with Crippen LogP contribution in [0.2, 0.25) is 0 Å².